The lowest BCUT2D eigenvalue weighted by Crippen LogP contribution is -2.10. The van der Waals surface area contributed by atoms with E-state index in [0.717, 1.165) is 16.7 Å². The molecule has 0 amide bonds. The van der Waals surface area contributed by atoms with Gasteiger partial charge in [0.1, 0.15) is 24.0 Å². The van der Waals surface area contributed by atoms with E-state index in [0.29, 0.717) is 17.9 Å². The van der Waals surface area contributed by atoms with Gasteiger partial charge in [0.05, 0.1) is 0 Å². The summed E-state index contributed by atoms with van der Waals surface area (Å²) in [6, 6.07) is 10.9. The molecule has 1 aliphatic heterocycles. The summed E-state index contributed by atoms with van der Waals surface area (Å²) in [6.45, 7) is 2.04. The van der Waals surface area contributed by atoms with Crippen LogP contribution in [0.3, 0.4) is 0 Å². The Morgan fingerprint density at radius 2 is 1.93 bits per heavy atom. The van der Waals surface area contributed by atoms with Gasteiger partial charge in [0, 0.05) is 41.1 Å². The van der Waals surface area contributed by atoms with Gasteiger partial charge in [-0.15, -0.1) is 0 Å². The molecule has 27 heavy (non-hydrogen) atoms. The van der Waals surface area contributed by atoms with Crippen molar-refractivity contribution in [1.29, 1.82) is 0 Å². The molecule has 0 saturated heterocycles. The standard InChI is InChI=1S/C22H17F2NO2/c1-13(22-18(23)3-2-4-19(22)24)9-20(26)14-5-6-17-16-7-8-25-11-15(16)12-27-21(17)10-14/h2-8,10-11,13H,9,12H2,1H3. The number of halogens is 2. The van der Waals surface area contributed by atoms with Crippen LogP contribution in [0.15, 0.2) is 54.9 Å². The highest BCUT2D eigenvalue weighted by Crippen LogP contribution is 2.38. The van der Waals surface area contributed by atoms with Crippen LogP contribution in [-0.4, -0.2) is 10.8 Å². The lowest BCUT2D eigenvalue weighted by atomic mass is 9.91. The summed E-state index contributed by atoms with van der Waals surface area (Å²) in [5.41, 5.74) is 3.35. The number of nitrogens with zero attached hydrogens (tertiary/aromatic N) is 1. The van der Waals surface area contributed by atoms with Crippen molar-refractivity contribution in [3.8, 4) is 16.9 Å². The summed E-state index contributed by atoms with van der Waals surface area (Å²) in [4.78, 5) is 16.8. The Kier molecular flexibility index (Phi) is 4.44. The quantitative estimate of drug-likeness (QED) is 0.589. The van der Waals surface area contributed by atoms with E-state index >= 15 is 0 Å². The summed E-state index contributed by atoms with van der Waals surface area (Å²) in [6.07, 6.45) is 3.50. The number of fused-ring (bicyclic) bond motifs is 3. The van der Waals surface area contributed by atoms with Crippen LogP contribution < -0.4 is 4.74 Å². The maximum atomic E-state index is 13.9. The fourth-order valence-electron chi connectivity index (χ4n) is 3.48. The molecule has 4 rings (SSSR count). The van der Waals surface area contributed by atoms with Gasteiger partial charge < -0.3 is 4.74 Å². The van der Waals surface area contributed by atoms with E-state index in [9.17, 15) is 13.6 Å². The first-order valence-corrected chi connectivity index (χ1v) is 8.72. The van der Waals surface area contributed by atoms with Crippen molar-refractivity contribution in [2.24, 2.45) is 0 Å². The smallest absolute Gasteiger partial charge is 0.163 e. The summed E-state index contributed by atoms with van der Waals surface area (Å²) >= 11 is 0. The number of ether oxygens (including phenoxy) is 1. The Bertz CT molecular complexity index is 1010. The molecule has 0 saturated carbocycles. The monoisotopic (exact) mass is 365 g/mol. The van der Waals surface area contributed by atoms with Crippen LogP contribution in [0.1, 0.15) is 40.7 Å². The summed E-state index contributed by atoms with van der Waals surface area (Å²) in [5, 5.41) is 0. The van der Waals surface area contributed by atoms with Crippen LogP contribution in [-0.2, 0) is 6.61 Å². The number of ketones is 1. The largest absolute Gasteiger partial charge is 0.488 e. The Morgan fingerprint density at radius 1 is 1.15 bits per heavy atom. The minimum atomic E-state index is -0.630. The van der Waals surface area contributed by atoms with Crippen molar-refractivity contribution in [2.45, 2.75) is 25.9 Å². The van der Waals surface area contributed by atoms with Gasteiger partial charge in [0.15, 0.2) is 5.78 Å². The van der Waals surface area contributed by atoms with E-state index in [1.165, 1.54) is 18.2 Å². The molecule has 1 unspecified atom stereocenters. The van der Waals surface area contributed by atoms with Crippen molar-refractivity contribution >= 4 is 5.78 Å². The Hall–Kier alpha value is -3.08. The number of pyridine rings is 1. The van der Waals surface area contributed by atoms with Gasteiger partial charge >= 0.3 is 0 Å². The van der Waals surface area contributed by atoms with Crippen molar-refractivity contribution in [2.75, 3.05) is 0 Å². The minimum absolute atomic E-state index is 0.0111. The SMILES string of the molecule is CC(CC(=O)c1ccc2c(c1)OCc1cnccc1-2)c1c(F)cccc1F. The lowest BCUT2D eigenvalue weighted by molar-refractivity contribution is 0.0974. The molecular weight excluding hydrogens is 348 g/mol. The molecule has 0 N–H and O–H groups in total. The van der Waals surface area contributed by atoms with Gasteiger partial charge in [-0.05, 0) is 41.8 Å². The van der Waals surface area contributed by atoms with Crippen molar-refractivity contribution in [3.63, 3.8) is 0 Å². The van der Waals surface area contributed by atoms with Gasteiger partial charge in [-0.2, -0.15) is 0 Å². The molecule has 1 aliphatic rings. The molecule has 3 aromatic rings. The van der Waals surface area contributed by atoms with Gasteiger partial charge in [-0.1, -0.05) is 19.1 Å². The number of benzene rings is 2. The van der Waals surface area contributed by atoms with Crippen molar-refractivity contribution in [1.82, 2.24) is 4.98 Å². The molecule has 2 aromatic carbocycles. The predicted molar refractivity (Wildman–Crippen MR) is 97.7 cm³/mol. The second-order valence-corrected chi connectivity index (χ2v) is 6.70. The second-order valence-electron chi connectivity index (χ2n) is 6.70. The van der Waals surface area contributed by atoms with Crippen LogP contribution in [0, 0.1) is 11.6 Å². The summed E-state index contributed by atoms with van der Waals surface area (Å²) in [5.74, 6) is -1.38. The van der Waals surface area contributed by atoms with Gasteiger partial charge in [0.2, 0.25) is 0 Å². The van der Waals surface area contributed by atoms with E-state index < -0.39 is 17.6 Å². The minimum Gasteiger partial charge on any atom is -0.488 e. The van der Waals surface area contributed by atoms with E-state index in [1.807, 2.05) is 12.1 Å². The third-order valence-electron chi connectivity index (χ3n) is 4.86. The molecule has 0 aliphatic carbocycles. The molecule has 0 spiro atoms. The zero-order valence-corrected chi connectivity index (χ0v) is 14.7. The predicted octanol–water partition coefficient (Wildman–Crippen LogP) is 5.30. The zero-order valence-electron chi connectivity index (χ0n) is 14.7. The molecule has 3 nitrogen and oxygen atoms in total. The summed E-state index contributed by atoms with van der Waals surface area (Å²) < 4.78 is 33.6. The number of Topliss-reactive ketones (excluding diaryl/α,β-unsaturated/α-hetero) is 1. The Balaban J connectivity index is 1.59. The molecule has 1 atom stereocenters. The van der Waals surface area contributed by atoms with Crippen LogP contribution in [0.25, 0.3) is 11.1 Å². The molecule has 0 fully saturated rings. The number of hydrogen-bond donors (Lipinski definition) is 0. The number of hydrogen-bond acceptors (Lipinski definition) is 3. The lowest BCUT2D eigenvalue weighted by Gasteiger charge is -2.21. The maximum absolute atomic E-state index is 13.9. The highest BCUT2D eigenvalue weighted by molar-refractivity contribution is 5.98. The molecule has 0 bridgehead atoms. The molecule has 136 valence electrons. The van der Waals surface area contributed by atoms with E-state index in [2.05, 4.69) is 4.98 Å². The first-order valence-electron chi connectivity index (χ1n) is 8.72. The van der Waals surface area contributed by atoms with Crippen molar-refractivity contribution < 1.29 is 18.3 Å². The highest BCUT2D eigenvalue weighted by Gasteiger charge is 2.22. The third-order valence-corrected chi connectivity index (χ3v) is 4.86. The topological polar surface area (TPSA) is 39.2 Å². The first kappa shape index (κ1) is 17.3. The average molecular weight is 365 g/mol. The highest BCUT2D eigenvalue weighted by atomic mass is 19.1. The average Bonchev–Trinajstić information content (AvgIpc) is 2.67. The first-order chi connectivity index (χ1) is 13.0. The number of carbonyl (C=O) groups excluding carboxylic acids is 1. The van der Waals surface area contributed by atoms with E-state index in [4.69, 9.17) is 4.74 Å². The van der Waals surface area contributed by atoms with Crippen LogP contribution >= 0.6 is 0 Å². The normalized spacial score (nSPS) is 13.3. The van der Waals surface area contributed by atoms with Gasteiger partial charge in [0.25, 0.3) is 0 Å². The van der Waals surface area contributed by atoms with E-state index in [-0.39, 0.29) is 17.8 Å². The van der Waals surface area contributed by atoms with Crippen molar-refractivity contribution in [3.05, 3.63) is 83.2 Å². The molecular formula is C22H17F2NO2. The zero-order chi connectivity index (χ0) is 19.0. The maximum Gasteiger partial charge on any atom is 0.163 e. The molecule has 0 radical (unpaired) electrons. The second kappa shape index (κ2) is 6.91. The number of carbonyl (C=O) groups is 1. The van der Waals surface area contributed by atoms with Gasteiger partial charge in [-0.25, -0.2) is 8.78 Å². The fraction of sp³-hybridized carbons (Fsp3) is 0.182. The molecule has 1 aromatic heterocycles. The van der Waals surface area contributed by atoms with Crippen LogP contribution in [0.5, 0.6) is 5.75 Å². The Labute approximate surface area is 155 Å². The number of rotatable bonds is 4. The third kappa shape index (κ3) is 3.21. The molecule has 2 heterocycles. The fourth-order valence-corrected chi connectivity index (χ4v) is 3.48. The summed E-state index contributed by atoms with van der Waals surface area (Å²) in [7, 11) is 0. The van der Waals surface area contributed by atoms with E-state index in [1.54, 1.807) is 31.5 Å². The molecule has 5 heteroatoms. The van der Waals surface area contributed by atoms with Crippen LogP contribution in [0.2, 0.25) is 0 Å². The number of aromatic nitrogens is 1. The Morgan fingerprint density at radius 3 is 2.70 bits per heavy atom. The van der Waals surface area contributed by atoms with Gasteiger partial charge in [-0.3, -0.25) is 9.78 Å². The van der Waals surface area contributed by atoms with Crippen LogP contribution in [0.4, 0.5) is 8.78 Å².